The zero-order valence-corrected chi connectivity index (χ0v) is 23.7. The Kier molecular flexibility index (Phi) is 8.38. The first-order valence-corrected chi connectivity index (χ1v) is 14.4. The summed E-state index contributed by atoms with van der Waals surface area (Å²) in [5.74, 6) is -0.311. The van der Waals surface area contributed by atoms with Crippen molar-refractivity contribution in [3.8, 4) is 16.2 Å². The van der Waals surface area contributed by atoms with Gasteiger partial charge in [-0.15, -0.1) is 11.3 Å². The van der Waals surface area contributed by atoms with E-state index >= 15 is 0 Å². The lowest BCUT2D eigenvalue weighted by Gasteiger charge is -2.29. The highest BCUT2D eigenvalue weighted by Gasteiger charge is 2.43. The number of carbonyl (C=O) groups is 2. The number of likely N-dealkylation sites (tertiary alicyclic amines) is 1. The van der Waals surface area contributed by atoms with Gasteiger partial charge in [-0.05, 0) is 24.5 Å². The summed E-state index contributed by atoms with van der Waals surface area (Å²) in [6.07, 6.45) is -0.686. The molecule has 3 N–H and O–H groups in total. The molecule has 1 unspecified atom stereocenters. The van der Waals surface area contributed by atoms with Crippen LogP contribution in [0.3, 0.4) is 0 Å². The molecule has 214 valence electrons. The Morgan fingerprint density at radius 3 is 2.67 bits per heavy atom. The summed E-state index contributed by atoms with van der Waals surface area (Å²) in [4.78, 5) is 35.8. The number of thiazole rings is 1. The largest absolute Gasteiger partial charge is 0.508 e. The van der Waals surface area contributed by atoms with Gasteiger partial charge in [0.1, 0.15) is 17.7 Å². The smallest absolute Gasteiger partial charge is 0.243 e. The molecule has 40 heavy (non-hydrogen) atoms. The predicted octanol–water partition coefficient (Wildman–Crippen LogP) is 2.67. The standard InChI is InChI=1S/C28H35N5O6S/c1-16(2)25(23-12-24(31-39-23)32-6-8-38-9-7-32)28(37)33-14-20(34)11-21(33)27(36)29-13-19-5-4-18(10-22(19)35)26-17(3)30-15-40-26/h4-5,10,12,15-16,20-21,25,34-35H,6-9,11,13-14H2,1-3H3,(H,29,36)/t20-,21+,25?/m1/s1. The van der Waals surface area contributed by atoms with E-state index in [2.05, 4.69) is 20.4 Å². The van der Waals surface area contributed by atoms with E-state index in [1.165, 1.54) is 16.2 Å². The van der Waals surface area contributed by atoms with Gasteiger partial charge in [0.2, 0.25) is 11.8 Å². The lowest BCUT2D eigenvalue weighted by atomic mass is 9.91. The van der Waals surface area contributed by atoms with E-state index in [9.17, 15) is 19.8 Å². The van der Waals surface area contributed by atoms with Crippen molar-refractivity contribution in [3.63, 3.8) is 0 Å². The van der Waals surface area contributed by atoms with Crippen LogP contribution < -0.4 is 10.2 Å². The van der Waals surface area contributed by atoms with Gasteiger partial charge in [0.05, 0.1) is 35.4 Å². The maximum atomic E-state index is 13.8. The molecular formula is C28H35N5O6S. The van der Waals surface area contributed by atoms with Gasteiger partial charge >= 0.3 is 0 Å². The van der Waals surface area contributed by atoms with E-state index in [0.29, 0.717) is 43.4 Å². The molecule has 11 nitrogen and oxygen atoms in total. The molecule has 2 saturated heterocycles. The minimum Gasteiger partial charge on any atom is -0.508 e. The lowest BCUT2D eigenvalue weighted by Crippen LogP contribution is -2.48. The Labute approximate surface area is 236 Å². The van der Waals surface area contributed by atoms with E-state index in [0.717, 1.165) is 16.1 Å². The van der Waals surface area contributed by atoms with Crippen LogP contribution in [0.25, 0.3) is 10.4 Å². The molecule has 0 saturated carbocycles. The number of aromatic hydroxyl groups is 1. The third-order valence-corrected chi connectivity index (χ3v) is 8.48. The first kappa shape index (κ1) is 28.1. The maximum Gasteiger partial charge on any atom is 0.243 e. The summed E-state index contributed by atoms with van der Waals surface area (Å²) in [6.45, 7) is 8.47. The summed E-state index contributed by atoms with van der Waals surface area (Å²) in [6, 6.07) is 6.25. The summed E-state index contributed by atoms with van der Waals surface area (Å²) >= 11 is 1.50. The molecule has 0 bridgehead atoms. The second-order valence-electron chi connectivity index (χ2n) is 10.6. The topological polar surface area (TPSA) is 141 Å². The Morgan fingerprint density at radius 2 is 2.00 bits per heavy atom. The van der Waals surface area contributed by atoms with E-state index < -0.39 is 18.1 Å². The number of aromatic nitrogens is 2. The Balaban J connectivity index is 1.27. The molecule has 2 amide bonds. The molecule has 12 heteroatoms. The number of phenolic OH excluding ortho intramolecular Hbond substituents is 1. The lowest BCUT2D eigenvalue weighted by molar-refractivity contribution is -0.141. The fraction of sp³-hybridized carbons (Fsp3) is 0.500. The number of anilines is 1. The first-order valence-electron chi connectivity index (χ1n) is 13.5. The van der Waals surface area contributed by atoms with Crippen molar-refractivity contribution in [1.29, 1.82) is 0 Å². The zero-order valence-electron chi connectivity index (χ0n) is 22.9. The molecule has 2 fully saturated rings. The number of hydrogen-bond donors (Lipinski definition) is 3. The van der Waals surface area contributed by atoms with Crippen LogP contribution in [-0.2, 0) is 20.9 Å². The molecule has 2 aromatic heterocycles. The zero-order chi connectivity index (χ0) is 28.4. The van der Waals surface area contributed by atoms with Crippen molar-refractivity contribution in [2.45, 2.75) is 51.8 Å². The van der Waals surface area contributed by atoms with Crippen LogP contribution in [-0.4, -0.2) is 82.1 Å². The molecule has 3 atom stereocenters. The quantitative estimate of drug-likeness (QED) is 0.373. The maximum absolute atomic E-state index is 13.8. The van der Waals surface area contributed by atoms with Crippen LogP contribution in [0, 0.1) is 12.8 Å². The number of phenols is 1. The number of aryl methyl sites for hydroxylation is 1. The van der Waals surface area contributed by atoms with Crippen LogP contribution in [0.4, 0.5) is 5.82 Å². The molecule has 5 rings (SSSR count). The molecule has 0 spiro atoms. The minimum atomic E-state index is -0.841. The van der Waals surface area contributed by atoms with Crippen LogP contribution in [0.2, 0.25) is 0 Å². The Bertz CT molecular complexity index is 1350. The molecular weight excluding hydrogens is 534 g/mol. The number of β-amino-alcohol motifs (C(OH)–C–C–N with tert-alkyl or cyclic N) is 1. The van der Waals surface area contributed by atoms with Gasteiger partial charge in [0.25, 0.3) is 0 Å². The fourth-order valence-electron chi connectivity index (χ4n) is 5.32. The van der Waals surface area contributed by atoms with Gasteiger partial charge in [-0.1, -0.05) is 31.1 Å². The Morgan fingerprint density at radius 1 is 1.23 bits per heavy atom. The van der Waals surface area contributed by atoms with Crippen molar-refractivity contribution in [1.82, 2.24) is 20.4 Å². The second kappa shape index (κ2) is 11.9. The minimum absolute atomic E-state index is 0.0543. The number of aliphatic hydroxyl groups is 1. The van der Waals surface area contributed by atoms with Crippen LogP contribution >= 0.6 is 11.3 Å². The predicted molar refractivity (Wildman–Crippen MR) is 149 cm³/mol. The molecule has 0 aliphatic carbocycles. The number of hydrogen-bond acceptors (Lipinski definition) is 10. The molecule has 2 aliphatic rings. The number of nitrogens with zero attached hydrogens (tertiary/aromatic N) is 4. The Hall–Kier alpha value is -3.48. The molecule has 2 aliphatic heterocycles. The summed E-state index contributed by atoms with van der Waals surface area (Å²) in [5.41, 5.74) is 4.05. The number of ether oxygens (including phenoxy) is 1. The van der Waals surface area contributed by atoms with E-state index in [1.807, 2.05) is 26.8 Å². The van der Waals surface area contributed by atoms with Gasteiger partial charge < -0.3 is 34.6 Å². The van der Waals surface area contributed by atoms with Crippen molar-refractivity contribution in [2.24, 2.45) is 5.92 Å². The highest BCUT2D eigenvalue weighted by molar-refractivity contribution is 7.13. The number of rotatable bonds is 8. The third-order valence-electron chi connectivity index (χ3n) is 7.50. The van der Waals surface area contributed by atoms with E-state index in [1.54, 1.807) is 23.7 Å². The van der Waals surface area contributed by atoms with Gasteiger partial charge in [-0.25, -0.2) is 4.98 Å². The summed E-state index contributed by atoms with van der Waals surface area (Å²) in [7, 11) is 0. The fourth-order valence-corrected chi connectivity index (χ4v) is 6.12. The van der Waals surface area contributed by atoms with Crippen molar-refractivity contribution < 1.29 is 29.1 Å². The van der Waals surface area contributed by atoms with Crippen molar-refractivity contribution in [2.75, 3.05) is 37.7 Å². The first-order chi connectivity index (χ1) is 19.2. The molecule has 3 aromatic rings. The molecule has 1 aromatic carbocycles. The van der Waals surface area contributed by atoms with E-state index in [4.69, 9.17) is 9.26 Å². The van der Waals surface area contributed by atoms with E-state index in [-0.39, 0.29) is 43.0 Å². The average molecular weight is 570 g/mol. The van der Waals surface area contributed by atoms with Gasteiger partial charge in [0.15, 0.2) is 11.6 Å². The summed E-state index contributed by atoms with van der Waals surface area (Å²) < 4.78 is 11.0. The number of nitrogens with one attached hydrogen (secondary N) is 1. The normalized spacial score (nSPS) is 20.2. The van der Waals surface area contributed by atoms with Crippen LogP contribution in [0.1, 0.15) is 43.2 Å². The van der Waals surface area contributed by atoms with Crippen molar-refractivity contribution in [3.05, 3.63) is 46.8 Å². The molecule has 0 radical (unpaired) electrons. The second-order valence-corrected chi connectivity index (χ2v) is 11.5. The van der Waals surface area contributed by atoms with Gasteiger partial charge in [-0.3, -0.25) is 9.59 Å². The number of benzene rings is 1. The highest BCUT2D eigenvalue weighted by atomic mass is 32.1. The number of amides is 2. The average Bonchev–Trinajstić information content (AvgIpc) is 3.68. The highest BCUT2D eigenvalue weighted by Crippen LogP contribution is 2.34. The van der Waals surface area contributed by atoms with Gasteiger partial charge in [0, 0.05) is 44.2 Å². The SMILES string of the molecule is Cc1ncsc1-c1ccc(CNC(=O)[C@@H]2C[C@@H](O)CN2C(=O)C(c2cc(N3CCOCC3)no2)C(C)C)c(O)c1. The third kappa shape index (κ3) is 5.84. The number of carbonyl (C=O) groups excluding carboxylic acids is 2. The van der Waals surface area contributed by atoms with Crippen molar-refractivity contribution >= 4 is 29.0 Å². The number of morpholine rings is 1. The van der Waals surface area contributed by atoms with Gasteiger partial charge in [-0.2, -0.15) is 0 Å². The molecule has 4 heterocycles. The summed E-state index contributed by atoms with van der Waals surface area (Å²) in [5, 5.41) is 28.1. The monoisotopic (exact) mass is 569 g/mol. The van der Waals surface area contributed by atoms with Crippen LogP contribution in [0.15, 0.2) is 34.3 Å². The van der Waals surface area contributed by atoms with Crippen LogP contribution in [0.5, 0.6) is 5.75 Å². The number of aliphatic hydroxyl groups excluding tert-OH is 1.